The van der Waals surface area contributed by atoms with Crippen molar-refractivity contribution in [3.05, 3.63) is 47.0 Å². The van der Waals surface area contributed by atoms with Crippen molar-refractivity contribution in [1.29, 1.82) is 5.26 Å². The minimum atomic E-state index is -0.861. The number of hydrogen-bond acceptors (Lipinski definition) is 7. The summed E-state index contributed by atoms with van der Waals surface area (Å²) in [4.78, 5) is 38.6. The minimum absolute atomic E-state index is 0.0374. The predicted molar refractivity (Wildman–Crippen MR) is 157 cm³/mol. The van der Waals surface area contributed by atoms with Crippen molar-refractivity contribution in [3.8, 4) is 6.07 Å². The molecule has 2 fully saturated rings. The molecule has 1 aliphatic carbocycles. The van der Waals surface area contributed by atoms with Crippen molar-refractivity contribution in [2.24, 2.45) is 17.8 Å². The van der Waals surface area contributed by atoms with Crippen LogP contribution < -0.4 is 16.0 Å². The molecule has 1 saturated carbocycles. The number of carbonyl (C=O) groups is 3. The molecule has 2 aliphatic rings. The second-order valence-corrected chi connectivity index (χ2v) is 12.1. The maximum atomic E-state index is 13.4. The molecule has 3 N–H and O–H groups in total. The number of nitrogens with zero attached hydrogens (tertiary/aromatic N) is 1. The number of piperidine rings is 1. The first-order valence-electron chi connectivity index (χ1n) is 12.8. The molecule has 3 atom stereocenters. The third-order valence-electron chi connectivity index (χ3n) is 6.79. The highest BCUT2D eigenvalue weighted by molar-refractivity contribution is 7.81. The van der Waals surface area contributed by atoms with Crippen LogP contribution >= 0.6 is 36.0 Å². The van der Waals surface area contributed by atoms with E-state index >= 15 is 0 Å². The van der Waals surface area contributed by atoms with E-state index in [9.17, 15) is 19.6 Å². The topological polar surface area (TPSA) is 120 Å². The van der Waals surface area contributed by atoms with Gasteiger partial charge in [-0.2, -0.15) is 5.26 Å². The quantitative estimate of drug-likeness (QED) is 0.255. The second kappa shape index (κ2) is 13.5. The van der Waals surface area contributed by atoms with Gasteiger partial charge in [-0.15, -0.1) is 0 Å². The number of benzene rings is 1. The second-order valence-electron chi connectivity index (χ2n) is 10.8. The summed E-state index contributed by atoms with van der Waals surface area (Å²) in [6, 6.07) is 8.31. The molecule has 0 radical (unpaired) electrons. The average Bonchev–Trinajstić information content (AvgIpc) is 3.67. The van der Waals surface area contributed by atoms with Crippen LogP contribution in [-0.2, 0) is 20.7 Å². The van der Waals surface area contributed by atoms with Crippen LogP contribution in [0.25, 0.3) is 0 Å². The Kier molecular flexibility index (Phi) is 10.6. The summed E-state index contributed by atoms with van der Waals surface area (Å²) in [5.74, 6) is -1.79. The van der Waals surface area contributed by atoms with Gasteiger partial charge < -0.3 is 15.4 Å². The molecule has 8 nitrogen and oxygen atoms in total. The van der Waals surface area contributed by atoms with Gasteiger partial charge in [0, 0.05) is 17.0 Å². The number of rotatable bonds is 11. The van der Waals surface area contributed by atoms with E-state index in [4.69, 9.17) is 40.8 Å². The van der Waals surface area contributed by atoms with E-state index in [1.165, 1.54) is 0 Å². The van der Waals surface area contributed by atoms with E-state index in [2.05, 4.69) is 22.5 Å². The monoisotopic (exact) mass is 588 g/mol. The van der Waals surface area contributed by atoms with Gasteiger partial charge in [0.1, 0.15) is 10.9 Å². The zero-order valence-corrected chi connectivity index (χ0v) is 24.4. The summed E-state index contributed by atoms with van der Waals surface area (Å²) in [5.41, 5.74) is 1.21. The zero-order chi connectivity index (χ0) is 28.7. The first kappa shape index (κ1) is 30.7. The van der Waals surface area contributed by atoms with Crippen molar-refractivity contribution in [3.63, 3.8) is 0 Å². The van der Waals surface area contributed by atoms with Crippen LogP contribution in [-0.4, -0.2) is 45.9 Å². The lowest BCUT2D eigenvalue weighted by molar-refractivity contribution is -0.128. The van der Waals surface area contributed by atoms with Gasteiger partial charge in [-0.05, 0) is 56.7 Å². The Balaban J connectivity index is 1.61. The van der Waals surface area contributed by atoms with Crippen LogP contribution in [0.15, 0.2) is 36.4 Å². The van der Waals surface area contributed by atoms with E-state index < -0.39 is 35.4 Å². The number of halogens is 1. The largest absolute Gasteiger partial charge is 0.449 e. The Morgan fingerprint density at radius 2 is 2.03 bits per heavy atom. The number of amides is 3. The van der Waals surface area contributed by atoms with E-state index in [-0.39, 0.29) is 28.8 Å². The molecule has 1 aromatic carbocycles. The molecular formula is C28H33ClN4O4S2. The highest BCUT2D eigenvalue weighted by atomic mass is 35.5. The van der Waals surface area contributed by atoms with Gasteiger partial charge in [-0.25, -0.2) is 4.79 Å². The molecule has 0 bridgehead atoms. The smallest absolute Gasteiger partial charge is 0.412 e. The molecule has 11 heteroatoms. The van der Waals surface area contributed by atoms with Crippen molar-refractivity contribution >= 4 is 63.8 Å². The highest BCUT2D eigenvalue weighted by Gasteiger charge is 2.39. The number of nitrogens with one attached hydrogen (secondary N) is 3. The summed E-state index contributed by atoms with van der Waals surface area (Å²) < 4.78 is 5.25. The Labute approximate surface area is 244 Å². The van der Waals surface area contributed by atoms with Gasteiger partial charge in [0.05, 0.1) is 29.5 Å². The van der Waals surface area contributed by atoms with Gasteiger partial charge >= 0.3 is 6.09 Å². The molecule has 39 heavy (non-hydrogen) atoms. The van der Waals surface area contributed by atoms with Crippen LogP contribution in [0, 0.1) is 29.1 Å². The highest BCUT2D eigenvalue weighted by Crippen LogP contribution is 2.36. The fourth-order valence-corrected chi connectivity index (χ4v) is 5.28. The van der Waals surface area contributed by atoms with E-state index in [1.807, 2.05) is 32.0 Å². The molecule has 1 aromatic rings. The maximum Gasteiger partial charge on any atom is 0.412 e. The molecule has 0 spiro atoms. The lowest BCUT2D eigenvalue weighted by atomic mass is 9.79. The Morgan fingerprint density at radius 1 is 1.31 bits per heavy atom. The van der Waals surface area contributed by atoms with Crippen LogP contribution in [0.3, 0.4) is 0 Å². The van der Waals surface area contributed by atoms with Crippen molar-refractivity contribution in [1.82, 2.24) is 16.0 Å². The number of carbonyl (C=O) groups excluding carboxylic acids is 3. The summed E-state index contributed by atoms with van der Waals surface area (Å²) in [6.45, 7) is 7.98. The van der Waals surface area contributed by atoms with E-state index in [0.29, 0.717) is 30.2 Å². The Morgan fingerprint density at radius 3 is 2.64 bits per heavy atom. The van der Waals surface area contributed by atoms with Crippen LogP contribution in [0.5, 0.6) is 0 Å². The SMILES string of the molecule is C=C1CC(C)(C)NC(=O)[C@@H]1C[C@H](NC(=O)[C@H](CC1CC1)C(=S)NC(=O)OCCc1cccc(Cl)c1)C(=S)C#N. The van der Waals surface area contributed by atoms with Crippen molar-refractivity contribution in [2.75, 3.05) is 6.61 Å². The van der Waals surface area contributed by atoms with Crippen molar-refractivity contribution < 1.29 is 19.1 Å². The lowest BCUT2D eigenvalue weighted by Gasteiger charge is -2.38. The molecule has 1 heterocycles. The molecule has 3 amide bonds. The normalized spacial score (nSPS) is 19.6. The number of nitriles is 1. The Bertz CT molecular complexity index is 1190. The first-order valence-corrected chi connectivity index (χ1v) is 14.0. The number of alkyl carbamates (subject to hydrolysis) is 1. The molecule has 0 aromatic heterocycles. The Hall–Kier alpha value is -2.87. The fourth-order valence-electron chi connectivity index (χ4n) is 4.63. The van der Waals surface area contributed by atoms with Crippen LogP contribution in [0.2, 0.25) is 5.02 Å². The van der Waals surface area contributed by atoms with E-state index in [1.54, 1.807) is 12.1 Å². The number of hydrogen-bond donors (Lipinski definition) is 3. The van der Waals surface area contributed by atoms with Crippen LogP contribution in [0.4, 0.5) is 4.79 Å². The van der Waals surface area contributed by atoms with Crippen LogP contribution in [0.1, 0.15) is 51.5 Å². The summed E-state index contributed by atoms with van der Waals surface area (Å²) in [6.07, 6.45) is 2.78. The molecule has 208 valence electrons. The number of thiocarbonyl (C=S) groups is 2. The number of ether oxygens (including phenoxy) is 1. The van der Waals surface area contributed by atoms with E-state index in [0.717, 1.165) is 24.0 Å². The van der Waals surface area contributed by atoms with Crippen molar-refractivity contribution in [2.45, 2.75) is 64.0 Å². The first-order chi connectivity index (χ1) is 18.4. The van der Waals surface area contributed by atoms with Gasteiger partial charge in [0.25, 0.3) is 0 Å². The average molecular weight is 589 g/mol. The third-order valence-corrected chi connectivity index (χ3v) is 7.79. The summed E-state index contributed by atoms with van der Waals surface area (Å²) >= 11 is 16.7. The molecule has 1 aliphatic heterocycles. The summed E-state index contributed by atoms with van der Waals surface area (Å²) in [7, 11) is 0. The fraction of sp³-hybridized carbons (Fsp3) is 0.500. The minimum Gasteiger partial charge on any atom is -0.449 e. The van der Waals surface area contributed by atoms with Gasteiger partial charge in [-0.1, -0.05) is 73.2 Å². The predicted octanol–water partition coefficient (Wildman–Crippen LogP) is 4.59. The van der Waals surface area contributed by atoms with Gasteiger partial charge in [0.2, 0.25) is 11.8 Å². The van der Waals surface area contributed by atoms with Gasteiger partial charge in [-0.3, -0.25) is 14.9 Å². The third kappa shape index (κ3) is 9.38. The maximum absolute atomic E-state index is 13.4. The standard InChI is InChI=1S/C28H33ClN4O4S2/c1-16-14-28(2,3)33-25(35)20(16)13-22(23(38)15-30)31-24(34)21(12-18-7-8-18)26(39)32-27(36)37-10-9-17-5-4-6-19(29)11-17/h4-6,11,18,20-22H,1,7-10,12-14H2,2-3H3,(H,31,34)(H,33,35)(H,32,36,39)/t20-,21+,22+/m1/s1. The summed E-state index contributed by atoms with van der Waals surface area (Å²) in [5, 5.41) is 18.4. The zero-order valence-electron chi connectivity index (χ0n) is 22.1. The molecule has 3 rings (SSSR count). The molecular weight excluding hydrogens is 556 g/mol. The lowest BCUT2D eigenvalue weighted by Crippen LogP contribution is -2.54. The molecule has 1 saturated heterocycles. The van der Waals surface area contributed by atoms with Gasteiger partial charge in [0.15, 0.2) is 0 Å². The molecule has 0 unspecified atom stereocenters.